The fourth-order valence-electron chi connectivity index (χ4n) is 2.28. The minimum absolute atomic E-state index is 0.137. The van der Waals surface area contributed by atoms with Gasteiger partial charge in [0.25, 0.3) is 0 Å². The van der Waals surface area contributed by atoms with Crippen molar-refractivity contribution in [1.29, 1.82) is 0 Å². The summed E-state index contributed by atoms with van der Waals surface area (Å²) in [6, 6.07) is 3.27. The molecule has 1 N–H and O–H groups in total. The van der Waals surface area contributed by atoms with E-state index in [0.717, 1.165) is 24.7 Å². The Bertz CT molecular complexity index is 389. The third-order valence-electron chi connectivity index (χ3n) is 3.21. The van der Waals surface area contributed by atoms with E-state index < -0.39 is 5.82 Å². The molecule has 1 aliphatic heterocycles. The Hall–Kier alpha value is -0.610. The maximum Gasteiger partial charge on any atom is 0.142 e. The van der Waals surface area contributed by atoms with Crippen molar-refractivity contribution in [3.8, 4) is 0 Å². The molecule has 0 radical (unpaired) electrons. The lowest BCUT2D eigenvalue weighted by Gasteiger charge is -2.23. The summed E-state index contributed by atoms with van der Waals surface area (Å²) in [4.78, 5) is 0.137. The van der Waals surface area contributed by atoms with Crippen LogP contribution in [0.3, 0.4) is 0 Å². The SMILES string of the molecule is CSc1c(F)ccc(CC2CCCCN2)c1F. The molecule has 0 amide bonds. The zero-order valence-electron chi connectivity index (χ0n) is 9.93. The largest absolute Gasteiger partial charge is 0.314 e. The van der Waals surface area contributed by atoms with Crippen LogP contribution in [-0.2, 0) is 6.42 Å². The molecule has 94 valence electrons. The molecule has 1 fully saturated rings. The Kier molecular flexibility index (Phi) is 4.40. The van der Waals surface area contributed by atoms with Crippen molar-refractivity contribution in [3.05, 3.63) is 29.3 Å². The summed E-state index contributed by atoms with van der Waals surface area (Å²) in [6.07, 6.45) is 5.81. The number of benzene rings is 1. The Morgan fingerprint density at radius 1 is 1.35 bits per heavy atom. The lowest BCUT2D eigenvalue weighted by molar-refractivity contribution is 0.393. The first-order valence-electron chi connectivity index (χ1n) is 5.96. The Morgan fingerprint density at radius 2 is 2.18 bits per heavy atom. The first-order valence-corrected chi connectivity index (χ1v) is 7.19. The summed E-state index contributed by atoms with van der Waals surface area (Å²) in [5, 5.41) is 3.38. The van der Waals surface area contributed by atoms with Crippen LogP contribution in [0.15, 0.2) is 17.0 Å². The molecule has 1 aromatic rings. The molecule has 1 saturated heterocycles. The van der Waals surface area contributed by atoms with E-state index in [2.05, 4.69) is 5.32 Å². The lowest BCUT2D eigenvalue weighted by atomic mass is 9.97. The van der Waals surface area contributed by atoms with Gasteiger partial charge < -0.3 is 5.32 Å². The Labute approximate surface area is 105 Å². The lowest BCUT2D eigenvalue weighted by Crippen LogP contribution is -2.35. The molecule has 1 nitrogen and oxygen atoms in total. The van der Waals surface area contributed by atoms with Crippen LogP contribution in [0.2, 0.25) is 0 Å². The summed E-state index contributed by atoms with van der Waals surface area (Å²) >= 11 is 1.13. The van der Waals surface area contributed by atoms with E-state index >= 15 is 0 Å². The van der Waals surface area contributed by atoms with Crippen molar-refractivity contribution in [3.63, 3.8) is 0 Å². The summed E-state index contributed by atoms with van der Waals surface area (Å²) in [5.74, 6) is -0.847. The third-order valence-corrected chi connectivity index (χ3v) is 3.99. The summed E-state index contributed by atoms with van der Waals surface area (Å²) < 4.78 is 27.3. The van der Waals surface area contributed by atoms with Gasteiger partial charge in [-0.05, 0) is 43.7 Å². The van der Waals surface area contributed by atoms with Gasteiger partial charge in [0.1, 0.15) is 11.6 Å². The van der Waals surface area contributed by atoms with Gasteiger partial charge in [0, 0.05) is 6.04 Å². The Balaban J connectivity index is 2.15. The number of halogens is 2. The van der Waals surface area contributed by atoms with E-state index in [4.69, 9.17) is 0 Å². The van der Waals surface area contributed by atoms with Crippen LogP contribution in [0, 0.1) is 11.6 Å². The second-order valence-electron chi connectivity index (χ2n) is 4.40. The van der Waals surface area contributed by atoms with Crippen LogP contribution in [0.1, 0.15) is 24.8 Å². The van der Waals surface area contributed by atoms with Crippen molar-refractivity contribution >= 4 is 11.8 Å². The zero-order chi connectivity index (χ0) is 12.3. The summed E-state index contributed by atoms with van der Waals surface area (Å²) in [7, 11) is 0. The minimum Gasteiger partial charge on any atom is -0.314 e. The van der Waals surface area contributed by atoms with Gasteiger partial charge in [-0.25, -0.2) is 8.78 Å². The van der Waals surface area contributed by atoms with E-state index in [-0.39, 0.29) is 10.7 Å². The molecule has 17 heavy (non-hydrogen) atoms. The quantitative estimate of drug-likeness (QED) is 0.833. The summed E-state index contributed by atoms with van der Waals surface area (Å²) in [6.45, 7) is 1.00. The fourth-order valence-corrected chi connectivity index (χ4v) is 2.86. The number of rotatable bonds is 3. The van der Waals surface area contributed by atoms with Gasteiger partial charge in [-0.15, -0.1) is 11.8 Å². The molecule has 2 rings (SSSR count). The monoisotopic (exact) mass is 257 g/mol. The van der Waals surface area contributed by atoms with Crippen LogP contribution in [-0.4, -0.2) is 18.8 Å². The highest BCUT2D eigenvalue weighted by molar-refractivity contribution is 7.98. The second kappa shape index (κ2) is 5.83. The zero-order valence-corrected chi connectivity index (χ0v) is 10.7. The molecule has 1 atom stereocenters. The minimum atomic E-state index is -0.463. The van der Waals surface area contributed by atoms with Crippen molar-refractivity contribution in [2.24, 2.45) is 0 Å². The molecule has 1 aliphatic rings. The summed E-state index contributed by atoms with van der Waals surface area (Å²) in [5.41, 5.74) is 0.621. The van der Waals surface area contributed by atoms with Crippen LogP contribution < -0.4 is 5.32 Å². The van der Waals surface area contributed by atoms with Crippen molar-refractivity contribution in [1.82, 2.24) is 5.32 Å². The van der Waals surface area contributed by atoms with E-state index in [1.165, 1.54) is 18.9 Å². The van der Waals surface area contributed by atoms with Crippen LogP contribution in [0.25, 0.3) is 0 Å². The van der Waals surface area contributed by atoms with Crippen molar-refractivity contribution < 1.29 is 8.78 Å². The van der Waals surface area contributed by atoms with E-state index in [0.29, 0.717) is 18.0 Å². The first kappa shape index (κ1) is 12.8. The van der Waals surface area contributed by atoms with Gasteiger partial charge in [0.15, 0.2) is 0 Å². The molecule has 4 heteroatoms. The van der Waals surface area contributed by atoms with Gasteiger partial charge in [-0.1, -0.05) is 12.5 Å². The van der Waals surface area contributed by atoms with Crippen LogP contribution in [0.5, 0.6) is 0 Å². The van der Waals surface area contributed by atoms with E-state index in [1.54, 1.807) is 12.3 Å². The molecular formula is C13H17F2NS. The number of hydrogen-bond donors (Lipinski definition) is 1. The van der Waals surface area contributed by atoms with E-state index in [1.807, 2.05) is 0 Å². The fraction of sp³-hybridized carbons (Fsp3) is 0.538. The number of piperidine rings is 1. The highest BCUT2D eigenvalue weighted by Crippen LogP contribution is 2.26. The smallest absolute Gasteiger partial charge is 0.142 e. The molecule has 0 saturated carbocycles. The van der Waals surface area contributed by atoms with E-state index in [9.17, 15) is 8.78 Å². The average Bonchev–Trinajstić information content (AvgIpc) is 2.35. The van der Waals surface area contributed by atoms with Gasteiger partial charge in [-0.3, -0.25) is 0 Å². The topological polar surface area (TPSA) is 12.0 Å². The van der Waals surface area contributed by atoms with Gasteiger partial charge in [0.05, 0.1) is 4.90 Å². The standard InChI is InChI=1S/C13H17F2NS/c1-17-13-11(14)6-5-9(12(13)15)8-10-4-2-3-7-16-10/h5-6,10,16H,2-4,7-8H2,1H3. The van der Waals surface area contributed by atoms with Crippen LogP contribution >= 0.6 is 11.8 Å². The second-order valence-corrected chi connectivity index (χ2v) is 5.22. The van der Waals surface area contributed by atoms with Crippen LogP contribution in [0.4, 0.5) is 8.78 Å². The molecule has 0 bridgehead atoms. The average molecular weight is 257 g/mol. The first-order chi connectivity index (χ1) is 8.22. The maximum absolute atomic E-state index is 14.0. The molecular weight excluding hydrogens is 240 g/mol. The number of thioether (sulfide) groups is 1. The van der Waals surface area contributed by atoms with Gasteiger partial charge in [0.2, 0.25) is 0 Å². The molecule has 0 aromatic heterocycles. The molecule has 1 aromatic carbocycles. The maximum atomic E-state index is 14.0. The number of nitrogens with one attached hydrogen (secondary N) is 1. The normalized spacial score (nSPS) is 20.5. The predicted octanol–water partition coefficient (Wildman–Crippen LogP) is 3.37. The number of hydrogen-bond acceptors (Lipinski definition) is 2. The highest BCUT2D eigenvalue weighted by Gasteiger charge is 2.18. The molecule has 1 heterocycles. The third kappa shape index (κ3) is 2.99. The highest BCUT2D eigenvalue weighted by atomic mass is 32.2. The molecule has 1 unspecified atom stereocenters. The molecule has 0 aliphatic carbocycles. The van der Waals surface area contributed by atoms with Gasteiger partial charge in [-0.2, -0.15) is 0 Å². The molecule has 0 spiro atoms. The van der Waals surface area contributed by atoms with Crippen molar-refractivity contribution in [2.75, 3.05) is 12.8 Å². The Morgan fingerprint density at radius 3 is 2.82 bits per heavy atom. The predicted molar refractivity (Wildman–Crippen MR) is 67.5 cm³/mol. The van der Waals surface area contributed by atoms with Crippen molar-refractivity contribution in [2.45, 2.75) is 36.6 Å². The van der Waals surface area contributed by atoms with Gasteiger partial charge >= 0.3 is 0 Å².